The molecule has 6 heteroatoms. The lowest BCUT2D eigenvalue weighted by atomic mass is 9.89. The maximum absolute atomic E-state index is 12.9. The molecule has 1 amide bonds. The van der Waals surface area contributed by atoms with E-state index in [1.165, 1.54) is 5.56 Å². The van der Waals surface area contributed by atoms with Crippen molar-refractivity contribution in [3.05, 3.63) is 53.5 Å². The van der Waals surface area contributed by atoms with Crippen LogP contribution >= 0.6 is 0 Å². The Morgan fingerprint density at radius 2 is 2.07 bits per heavy atom. The minimum absolute atomic E-state index is 0.00531. The van der Waals surface area contributed by atoms with Gasteiger partial charge in [0.25, 0.3) is 0 Å². The Bertz CT molecular complexity index is 1010. The molecule has 1 N–H and O–H groups in total. The van der Waals surface area contributed by atoms with Crippen molar-refractivity contribution in [1.29, 1.82) is 0 Å². The zero-order chi connectivity index (χ0) is 19.0. The molecule has 0 saturated heterocycles. The molecule has 0 bridgehead atoms. The number of aromatic nitrogens is 2. The largest absolute Gasteiger partial charge is 0.497 e. The summed E-state index contributed by atoms with van der Waals surface area (Å²) in [4.78, 5) is 17.7. The SMILES string of the molecule is COc1ccc(OC)c(NC(=O)C2CCc3nc4cc(C)ccn4c3C2)c1. The highest BCUT2D eigenvalue weighted by atomic mass is 16.5. The van der Waals surface area contributed by atoms with Crippen molar-refractivity contribution in [1.82, 2.24) is 9.38 Å². The zero-order valence-corrected chi connectivity index (χ0v) is 15.8. The lowest BCUT2D eigenvalue weighted by Gasteiger charge is -2.22. The Morgan fingerprint density at radius 3 is 2.85 bits per heavy atom. The van der Waals surface area contributed by atoms with Crippen LogP contribution in [0.25, 0.3) is 5.65 Å². The number of rotatable bonds is 4. The summed E-state index contributed by atoms with van der Waals surface area (Å²) in [5, 5.41) is 3.01. The molecule has 1 atom stereocenters. The van der Waals surface area contributed by atoms with Gasteiger partial charge in [0.05, 0.1) is 25.6 Å². The van der Waals surface area contributed by atoms with Gasteiger partial charge in [-0.05, 0) is 49.6 Å². The molecule has 6 nitrogen and oxygen atoms in total. The van der Waals surface area contributed by atoms with Gasteiger partial charge in [0, 0.05) is 30.3 Å². The fraction of sp³-hybridized carbons (Fsp3) is 0.333. The fourth-order valence-corrected chi connectivity index (χ4v) is 3.68. The van der Waals surface area contributed by atoms with Crippen LogP contribution in [0.3, 0.4) is 0 Å². The lowest BCUT2D eigenvalue weighted by Crippen LogP contribution is -2.28. The van der Waals surface area contributed by atoms with E-state index in [1.807, 2.05) is 12.3 Å². The van der Waals surface area contributed by atoms with E-state index in [4.69, 9.17) is 14.5 Å². The second kappa shape index (κ2) is 6.95. The summed E-state index contributed by atoms with van der Waals surface area (Å²) < 4.78 is 12.7. The number of hydrogen-bond acceptors (Lipinski definition) is 4. The molecule has 3 aromatic rings. The van der Waals surface area contributed by atoms with E-state index in [0.717, 1.165) is 29.9 Å². The molecule has 1 aliphatic carbocycles. The molecule has 2 aromatic heterocycles. The number of nitrogens with one attached hydrogen (secondary N) is 1. The maximum Gasteiger partial charge on any atom is 0.227 e. The average molecular weight is 365 g/mol. The van der Waals surface area contributed by atoms with Crippen molar-refractivity contribution in [3.63, 3.8) is 0 Å². The predicted molar refractivity (Wildman–Crippen MR) is 104 cm³/mol. The third kappa shape index (κ3) is 3.23. The standard InChI is InChI=1S/C21H23N3O3/c1-13-8-9-24-18-11-14(4-6-16(18)22-20(24)10-13)21(25)23-17-12-15(26-2)5-7-19(17)27-3/h5,7-10,12,14H,4,6,11H2,1-3H3,(H,23,25). The van der Waals surface area contributed by atoms with E-state index in [1.54, 1.807) is 26.4 Å². The highest BCUT2D eigenvalue weighted by molar-refractivity contribution is 5.94. The third-order valence-corrected chi connectivity index (χ3v) is 5.17. The fourth-order valence-electron chi connectivity index (χ4n) is 3.68. The van der Waals surface area contributed by atoms with Crippen LogP contribution in [0.4, 0.5) is 5.69 Å². The number of imidazole rings is 1. The highest BCUT2D eigenvalue weighted by Crippen LogP contribution is 2.31. The van der Waals surface area contributed by atoms with Gasteiger partial charge in [-0.3, -0.25) is 4.79 Å². The third-order valence-electron chi connectivity index (χ3n) is 5.17. The molecule has 140 valence electrons. The first-order chi connectivity index (χ1) is 13.1. The molecule has 0 aliphatic heterocycles. The first-order valence-electron chi connectivity index (χ1n) is 9.08. The summed E-state index contributed by atoms with van der Waals surface area (Å²) in [5.74, 6) is 1.18. The van der Waals surface area contributed by atoms with Gasteiger partial charge in [-0.2, -0.15) is 0 Å². The molecule has 2 heterocycles. The molecule has 0 fully saturated rings. The number of aryl methyl sites for hydroxylation is 2. The van der Waals surface area contributed by atoms with Crippen LogP contribution in [0.5, 0.6) is 11.5 Å². The van der Waals surface area contributed by atoms with Gasteiger partial charge in [0.2, 0.25) is 5.91 Å². The molecule has 4 rings (SSSR count). The van der Waals surface area contributed by atoms with Crippen molar-refractivity contribution < 1.29 is 14.3 Å². The first kappa shape index (κ1) is 17.4. The van der Waals surface area contributed by atoms with Crippen molar-refractivity contribution in [2.24, 2.45) is 5.92 Å². The zero-order valence-electron chi connectivity index (χ0n) is 15.8. The Kier molecular flexibility index (Phi) is 4.48. The van der Waals surface area contributed by atoms with Crippen molar-refractivity contribution in [2.75, 3.05) is 19.5 Å². The molecule has 0 radical (unpaired) electrons. The molecule has 1 aliphatic rings. The molecule has 27 heavy (non-hydrogen) atoms. The summed E-state index contributed by atoms with van der Waals surface area (Å²) in [6.45, 7) is 2.06. The van der Waals surface area contributed by atoms with Gasteiger partial charge < -0.3 is 19.2 Å². The van der Waals surface area contributed by atoms with Crippen molar-refractivity contribution in [3.8, 4) is 11.5 Å². The van der Waals surface area contributed by atoms with E-state index in [2.05, 4.69) is 28.8 Å². The van der Waals surface area contributed by atoms with Crippen LogP contribution in [0, 0.1) is 12.8 Å². The van der Waals surface area contributed by atoms with Crippen LogP contribution in [0.15, 0.2) is 36.5 Å². The lowest BCUT2D eigenvalue weighted by molar-refractivity contribution is -0.120. The van der Waals surface area contributed by atoms with E-state index < -0.39 is 0 Å². The predicted octanol–water partition coefficient (Wildman–Crippen LogP) is 3.40. The van der Waals surface area contributed by atoms with Crippen LogP contribution in [0.2, 0.25) is 0 Å². The minimum Gasteiger partial charge on any atom is -0.497 e. The Hall–Kier alpha value is -3.02. The number of fused-ring (bicyclic) bond motifs is 3. The summed E-state index contributed by atoms with van der Waals surface area (Å²) in [6.07, 6.45) is 4.32. The van der Waals surface area contributed by atoms with Gasteiger partial charge in [-0.1, -0.05) is 0 Å². The van der Waals surface area contributed by atoms with Gasteiger partial charge in [0.15, 0.2) is 0 Å². The summed E-state index contributed by atoms with van der Waals surface area (Å²) in [6, 6.07) is 9.53. The monoisotopic (exact) mass is 365 g/mol. The van der Waals surface area contributed by atoms with Crippen LogP contribution in [-0.2, 0) is 17.6 Å². The Morgan fingerprint density at radius 1 is 1.22 bits per heavy atom. The van der Waals surface area contributed by atoms with Crippen molar-refractivity contribution in [2.45, 2.75) is 26.2 Å². The molecule has 0 spiro atoms. The van der Waals surface area contributed by atoms with Gasteiger partial charge in [-0.25, -0.2) is 4.98 Å². The van der Waals surface area contributed by atoms with Crippen LogP contribution in [0.1, 0.15) is 23.4 Å². The van der Waals surface area contributed by atoms with E-state index in [0.29, 0.717) is 23.6 Å². The van der Waals surface area contributed by atoms with E-state index in [9.17, 15) is 4.79 Å². The number of methoxy groups -OCH3 is 2. The van der Waals surface area contributed by atoms with Crippen molar-refractivity contribution >= 4 is 17.2 Å². The smallest absolute Gasteiger partial charge is 0.227 e. The quantitative estimate of drug-likeness (QED) is 0.770. The number of hydrogen-bond donors (Lipinski definition) is 1. The van der Waals surface area contributed by atoms with Crippen LogP contribution in [-0.4, -0.2) is 29.5 Å². The Balaban J connectivity index is 1.57. The molecular weight excluding hydrogens is 342 g/mol. The number of nitrogens with zero attached hydrogens (tertiary/aromatic N) is 2. The van der Waals surface area contributed by atoms with E-state index >= 15 is 0 Å². The molecule has 0 saturated carbocycles. The number of pyridine rings is 1. The van der Waals surface area contributed by atoms with Gasteiger partial charge >= 0.3 is 0 Å². The molecule has 1 unspecified atom stereocenters. The summed E-state index contributed by atoms with van der Waals surface area (Å²) >= 11 is 0. The summed E-state index contributed by atoms with van der Waals surface area (Å²) in [5.41, 5.74) is 5.00. The number of benzene rings is 1. The highest BCUT2D eigenvalue weighted by Gasteiger charge is 2.28. The maximum atomic E-state index is 12.9. The molecule has 1 aromatic carbocycles. The summed E-state index contributed by atoms with van der Waals surface area (Å²) in [7, 11) is 3.19. The normalized spacial score (nSPS) is 16.0. The number of anilines is 1. The Labute approximate surface area is 158 Å². The number of amides is 1. The van der Waals surface area contributed by atoms with E-state index in [-0.39, 0.29) is 11.8 Å². The number of carbonyl (C=O) groups is 1. The second-order valence-corrected chi connectivity index (χ2v) is 6.93. The molecular formula is C21H23N3O3. The van der Waals surface area contributed by atoms with Gasteiger partial charge in [0.1, 0.15) is 17.1 Å². The number of carbonyl (C=O) groups excluding carboxylic acids is 1. The van der Waals surface area contributed by atoms with Gasteiger partial charge in [-0.15, -0.1) is 0 Å². The second-order valence-electron chi connectivity index (χ2n) is 6.93. The minimum atomic E-state index is -0.102. The van der Waals surface area contributed by atoms with Crippen LogP contribution < -0.4 is 14.8 Å². The number of ether oxygens (including phenoxy) is 2. The topological polar surface area (TPSA) is 64.9 Å². The first-order valence-corrected chi connectivity index (χ1v) is 9.08. The average Bonchev–Trinajstić information content (AvgIpc) is 3.04.